The van der Waals surface area contributed by atoms with E-state index in [4.69, 9.17) is 14.2 Å². The predicted molar refractivity (Wildman–Crippen MR) is 124 cm³/mol. The number of esters is 1. The van der Waals surface area contributed by atoms with Crippen LogP contribution in [-0.4, -0.2) is 36.7 Å². The summed E-state index contributed by atoms with van der Waals surface area (Å²) in [4.78, 5) is 37.7. The van der Waals surface area contributed by atoms with E-state index in [1.165, 1.54) is 6.92 Å². The molecule has 2 aromatic rings. The molecule has 8 heteroatoms. The van der Waals surface area contributed by atoms with Crippen molar-refractivity contribution in [3.8, 4) is 11.5 Å². The van der Waals surface area contributed by atoms with E-state index in [2.05, 4.69) is 10.6 Å². The Morgan fingerprint density at radius 1 is 0.909 bits per heavy atom. The number of para-hydroxylation sites is 1. The van der Waals surface area contributed by atoms with Gasteiger partial charge in [0, 0.05) is 0 Å². The van der Waals surface area contributed by atoms with Gasteiger partial charge in [0.25, 0.3) is 0 Å². The number of carbonyl (C=O) groups is 3. The van der Waals surface area contributed by atoms with Crippen molar-refractivity contribution in [3.63, 3.8) is 0 Å². The molecular formula is C25H32N2O6. The number of rotatable bonds is 8. The average molecular weight is 457 g/mol. The quantitative estimate of drug-likeness (QED) is 0.461. The van der Waals surface area contributed by atoms with E-state index < -0.39 is 35.2 Å². The Bertz CT molecular complexity index is 953. The molecule has 0 aliphatic heterocycles. The smallest absolute Gasteiger partial charge is 0.408 e. The minimum Gasteiger partial charge on any atom is -0.497 e. The summed E-state index contributed by atoms with van der Waals surface area (Å²) in [6.45, 7) is 8.46. The van der Waals surface area contributed by atoms with Gasteiger partial charge in [0.15, 0.2) is 0 Å². The van der Waals surface area contributed by atoms with Gasteiger partial charge in [-0.2, -0.15) is 0 Å². The van der Waals surface area contributed by atoms with Crippen molar-refractivity contribution >= 4 is 18.0 Å². The minimum absolute atomic E-state index is 0.140. The van der Waals surface area contributed by atoms with Crippen molar-refractivity contribution in [1.29, 1.82) is 0 Å². The second kappa shape index (κ2) is 10.8. The van der Waals surface area contributed by atoms with Crippen LogP contribution in [-0.2, 0) is 19.9 Å². The van der Waals surface area contributed by atoms with Gasteiger partial charge in [-0.05, 0) is 64.4 Å². The number of nitrogens with one attached hydrogen (secondary N) is 2. The average Bonchev–Trinajstić information content (AvgIpc) is 2.72. The summed E-state index contributed by atoms with van der Waals surface area (Å²) in [7, 11) is 1.55. The van der Waals surface area contributed by atoms with Crippen LogP contribution in [0.3, 0.4) is 0 Å². The number of carbonyl (C=O) groups excluding carboxylic acids is 3. The maximum Gasteiger partial charge on any atom is 0.408 e. The minimum atomic E-state index is -1.11. The van der Waals surface area contributed by atoms with E-state index in [1.807, 2.05) is 6.07 Å². The van der Waals surface area contributed by atoms with E-state index in [0.717, 1.165) is 0 Å². The molecule has 0 saturated heterocycles. The van der Waals surface area contributed by atoms with Gasteiger partial charge in [0.05, 0.1) is 19.1 Å². The van der Waals surface area contributed by atoms with Gasteiger partial charge in [-0.15, -0.1) is 0 Å². The number of benzene rings is 2. The molecule has 0 aromatic heterocycles. The lowest BCUT2D eigenvalue weighted by Gasteiger charge is -2.32. The number of methoxy groups -OCH3 is 1. The molecule has 2 atom stereocenters. The standard InChI is InChI=1S/C25H32N2O6/c1-17(26-23(30)33-24(2,3)4)22(29)27-25(5,18-12-14-19(31-6)15-13-18)16-21(28)32-20-10-8-7-9-11-20/h7-15,17H,16H2,1-6H3,(H,26,30)(H,27,29). The van der Waals surface area contributed by atoms with Gasteiger partial charge >= 0.3 is 12.1 Å². The highest BCUT2D eigenvalue weighted by atomic mass is 16.6. The number of ether oxygens (including phenoxy) is 3. The first-order valence-electron chi connectivity index (χ1n) is 10.6. The molecule has 0 fully saturated rings. The molecule has 178 valence electrons. The normalized spacial score (nSPS) is 13.8. The lowest BCUT2D eigenvalue weighted by molar-refractivity contribution is -0.136. The number of alkyl carbamates (subject to hydrolysis) is 1. The third kappa shape index (κ3) is 8.14. The second-order valence-corrected chi connectivity index (χ2v) is 8.88. The second-order valence-electron chi connectivity index (χ2n) is 8.88. The van der Waals surface area contributed by atoms with Gasteiger partial charge in [-0.25, -0.2) is 4.79 Å². The van der Waals surface area contributed by atoms with Crippen LogP contribution in [0, 0.1) is 0 Å². The maximum absolute atomic E-state index is 12.9. The fourth-order valence-corrected chi connectivity index (χ4v) is 3.05. The van der Waals surface area contributed by atoms with Crippen LogP contribution in [0.5, 0.6) is 11.5 Å². The molecule has 0 aliphatic rings. The highest BCUT2D eigenvalue weighted by Crippen LogP contribution is 2.28. The van der Waals surface area contributed by atoms with E-state index in [9.17, 15) is 14.4 Å². The molecule has 2 amide bonds. The summed E-state index contributed by atoms with van der Waals surface area (Å²) in [6.07, 6.45) is -0.848. The molecule has 0 spiro atoms. The number of hydrogen-bond acceptors (Lipinski definition) is 6. The third-order valence-electron chi connectivity index (χ3n) is 4.73. The Hall–Kier alpha value is -3.55. The first-order valence-corrected chi connectivity index (χ1v) is 10.6. The summed E-state index contributed by atoms with van der Waals surface area (Å²) in [6, 6.07) is 14.8. The highest BCUT2D eigenvalue weighted by Gasteiger charge is 2.34. The molecule has 0 radical (unpaired) electrons. The van der Waals surface area contributed by atoms with Crippen LogP contribution in [0.15, 0.2) is 54.6 Å². The zero-order valence-corrected chi connectivity index (χ0v) is 19.9. The molecule has 2 aromatic carbocycles. The molecule has 2 rings (SSSR count). The molecule has 8 nitrogen and oxygen atoms in total. The van der Waals surface area contributed by atoms with Crippen molar-refractivity contribution in [3.05, 3.63) is 60.2 Å². The zero-order chi connectivity index (χ0) is 24.6. The summed E-state index contributed by atoms with van der Waals surface area (Å²) >= 11 is 0. The van der Waals surface area contributed by atoms with Crippen molar-refractivity contribution in [2.75, 3.05) is 7.11 Å². The fourth-order valence-electron chi connectivity index (χ4n) is 3.05. The first kappa shape index (κ1) is 25.7. The van der Waals surface area contributed by atoms with Crippen molar-refractivity contribution < 1.29 is 28.6 Å². The Morgan fingerprint density at radius 3 is 2.06 bits per heavy atom. The Morgan fingerprint density at radius 2 is 1.52 bits per heavy atom. The lowest BCUT2D eigenvalue weighted by Crippen LogP contribution is -2.53. The van der Waals surface area contributed by atoms with Crippen LogP contribution in [0.1, 0.15) is 46.6 Å². The van der Waals surface area contributed by atoms with E-state index >= 15 is 0 Å². The zero-order valence-electron chi connectivity index (χ0n) is 19.9. The molecule has 33 heavy (non-hydrogen) atoms. The fraction of sp³-hybridized carbons (Fsp3) is 0.400. The summed E-state index contributed by atoms with van der Waals surface area (Å²) in [5, 5.41) is 5.39. The van der Waals surface area contributed by atoms with Gasteiger partial charge in [0.2, 0.25) is 5.91 Å². The third-order valence-corrected chi connectivity index (χ3v) is 4.73. The van der Waals surface area contributed by atoms with E-state index in [0.29, 0.717) is 17.1 Å². The first-order chi connectivity index (χ1) is 15.4. The van der Waals surface area contributed by atoms with Crippen LogP contribution < -0.4 is 20.1 Å². The van der Waals surface area contributed by atoms with Gasteiger partial charge in [-0.3, -0.25) is 9.59 Å². The summed E-state index contributed by atoms with van der Waals surface area (Å²) in [5.74, 6) is 0.0457. The molecule has 2 unspecified atom stereocenters. The molecule has 0 aliphatic carbocycles. The van der Waals surface area contributed by atoms with Crippen LogP contribution in [0.4, 0.5) is 4.79 Å². The Labute approximate surface area is 194 Å². The molecular weight excluding hydrogens is 424 g/mol. The van der Waals surface area contributed by atoms with Crippen LogP contribution >= 0.6 is 0 Å². The van der Waals surface area contributed by atoms with Crippen LogP contribution in [0.25, 0.3) is 0 Å². The van der Waals surface area contributed by atoms with E-state index in [-0.39, 0.29) is 6.42 Å². The summed E-state index contributed by atoms with van der Waals surface area (Å²) in [5.41, 5.74) is -1.14. The predicted octanol–water partition coefficient (Wildman–Crippen LogP) is 3.94. The largest absolute Gasteiger partial charge is 0.497 e. The SMILES string of the molecule is COc1ccc(C(C)(CC(=O)Oc2ccccc2)NC(=O)C(C)NC(=O)OC(C)(C)C)cc1. The van der Waals surface area contributed by atoms with Crippen molar-refractivity contribution in [2.24, 2.45) is 0 Å². The summed E-state index contributed by atoms with van der Waals surface area (Å²) < 4.78 is 15.8. The maximum atomic E-state index is 12.9. The Balaban J connectivity index is 2.19. The number of amides is 2. The molecule has 2 N–H and O–H groups in total. The van der Waals surface area contributed by atoms with Crippen molar-refractivity contribution in [1.82, 2.24) is 10.6 Å². The topological polar surface area (TPSA) is 103 Å². The van der Waals surface area contributed by atoms with Gasteiger partial charge < -0.3 is 24.8 Å². The van der Waals surface area contributed by atoms with Crippen LogP contribution in [0.2, 0.25) is 0 Å². The molecule has 0 bridgehead atoms. The monoisotopic (exact) mass is 456 g/mol. The lowest BCUT2D eigenvalue weighted by atomic mass is 9.88. The van der Waals surface area contributed by atoms with Gasteiger partial charge in [-0.1, -0.05) is 30.3 Å². The van der Waals surface area contributed by atoms with Gasteiger partial charge in [0.1, 0.15) is 23.1 Å². The Kier molecular flexibility index (Phi) is 8.45. The number of hydrogen-bond donors (Lipinski definition) is 2. The van der Waals surface area contributed by atoms with E-state index in [1.54, 1.807) is 83.3 Å². The highest BCUT2D eigenvalue weighted by molar-refractivity contribution is 5.86. The molecule has 0 saturated carbocycles. The molecule has 0 heterocycles. The van der Waals surface area contributed by atoms with Crippen molar-refractivity contribution in [2.45, 2.75) is 58.2 Å².